The average molecular weight is 267 g/mol. The number of benzene rings is 1. The molecule has 0 fully saturated rings. The van der Waals surface area contributed by atoms with Gasteiger partial charge in [-0.1, -0.05) is 13.0 Å². The number of rotatable bonds is 2. The highest BCUT2D eigenvalue weighted by Crippen LogP contribution is 2.41. The van der Waals surface area contributed by atoms with Gasteiger partial charge in [-0.15, -0.1) is 12.4 Å². The Kier molecular flexibility index (Phi) is 3.44. The van der Waals surface area contributed by atoms with E-state index in [2.05, 4.69) is 16.9 Å². The first-order valence-electron chi connectivity index (χ1n) is 6.00. The van der Waals surface area contributed by atoms with Crippen LogP contribution in [-0.4, -0.2) is 9.97 Å². The third-order valence-electron chi connectivity index (χ3n) is 3.97. The number of nitrogens with one attached hydrogen (secondary N) is 1. The van der Waals surface area contributed by atoms with E-state index < -0.39 is 0 Å². The van der Waals surface area contributed by atoms with Crippen LogP contribution >= 0.6 is 12.4 Å². The number of fused-ring (bicyclic) bond motifs is 1. The molecule has 0 radical (unpaired) electrons. The van der Waals surface area contributed by atoms with Gasteiger partial charge in [0.1, 0.15) is 5.82 Å². The quantitative estimate of drug-likeness (QED) is 0.887. The van der Waals surface area contributed by atoms with Crippen LogP contribution in [0.5, 0.6) is 0 Å². The molecule has 1 unspecified atom stereocenters. The first-order chi connectivity index (χ1) is 8.23. The summed E-state index contributed by atoms with van der Waals surface area (Å²) >= 11 is 0. The summed E-state index contributed by atoms with van der Waals surface area (Å²) in [7, 11) is 0. The Labute approximate surface area is 112 Å². The van der Waals surface area contributed by atoms with E-state index in [9.17, 15) is 4.39 Å². The number of imidazole rings is 1. The van der Waals surface area contributed by atoms with Crippen molar-refractivity contribution in [3.8, 4) is 0 Å². The van der Waals surface area contributed by atoms with E-state index in [1.807, 2.05) is 12.3 Å². The van der Waals surface area contributed by atoms with Crippen molar-refractivity contribution in [3.63, 3.8) is 0 Å². The lowest BCUT2D eigenvalue weighted by molar-refractivity contribution is 0.423. The molecule has 4 heteroatoms. The van der Waals surface area contributed by atoms with Gasteiger partial charge in [-0.05, 0) is 42.5 Å². The van der Waals surface area contributed by atoms with Gasteiger partial charge in [0, 0.05) is 17.3 Å². The molecule has 0 spiro atoms. The van der Waals surface area contributed by atoms with Crippen molar-refractivity contribution in [2.24, 2.45) is 0 Å². The van der Waals surface area contributed by atoms with Gasteiger partial charge in [0.2, 0.25) is 0 Å². The average Bonchev–Trinajstić information content (AvgIpc) is 2.95. The van der Waals surface area contributed by atoms with Gasteiger partial charge >= 0.3 is 0 Å². The monoisotopic (exact) mass is 266 g/mol. The maximum atomic E-state index is 13.2. The van der Waals surface area contributed by atoms with Crippen molar-refractivity contribution in [3.05, 3.63) is 53.4 Å². The number of nitrogens with zero attached hydrogens (tertiary/aromatic N) is 1. The lowest BCUT2D eigenvalue weighted by Gasteiger charge is -2.25. The third-order valence-corrected chi connectivity index (χ3v) is 3.97. The standard InChI is InChI=1S/C14H15FN2.ClH/c1-2-14(13-8-16-9-17-13)6-10-3-4-12(15)5-11(10)7-14;/h3-5,8-9H,2,6-7H2,1H3,(H,16,17);1H. The number of aromatic nitrogens is 2. The maximum absolute atomic E-state index is 13.2. The van der Waals surface area contributed by atoms with Crippen molar-refractivity contribution < 1.29 is 4.39 Å². The van der Waals surface area contributed by atoms with Crippen LogP contribution in [0.25, 0.3) is 0 Å². The maximum Gasteiger partial charge on any atom is 0.123 e. The number of hydrogen-bond donors (Lipinski definition) is 1. The highest BCUT2D eigenvalue weighted by molar-refractivity contribution is 5.85. The van der Waals surface area contributed by atoms with E-state index in [0.717, 1.165) is 30.5 Å². The lowest BCUT2D eigenvalue weighted by atomic mass is 9.79. The molecule has 1 atom stereocenters. The normalized spacial score (nSPS) is 21.4. The number of aromatic amines is 1. The largest absolute Gasteiger partial charge is 0.348 e. The fourth-order valence-corrected chi connectivity index (χ4v) is 2.90. The molecular weight excluding hydrogens is 251 g/mol. The molecule has 1 aliphatic carbocycles. The fourth-order valence-electron chi connectivity index (χ4n) is 2.90. The van der Waals surface area contributed by atoms with Crippen LogP contribution in [0.1, 0.15) is 30.2 Å². The number of H-pyrrole nitrogens is 1. The van der Waals surface area contributed by atoms with Gasteiger partial charge in [0.25, 0.3) is 0 Å². The van der Waals surface area contributed by atoms with Crippen LogP contribution in [0.15, 0.2) is 30.7 Å². The second kappa shape index (κ2) is 4.73. The summed E-state index contributed by atoms with van der Waals surface area (Å²) in [5.74, 6) is -0.139. The summed E-state index contributed by atoms with van der Waals surface area (Å²) < 4.78 is 13.2. The molecule has 1 aromatic heterocycles. The highest BCUT2D eigenvalue weighted by atomic mass is 35.5. The summed E-state index contributed by atoms with van der Waals surface area (Å²) in [4.78, 5) is 7.33. The SMILES string of the molecule is CCC1(c2cnc[nH]2)Cc2ccc(F)cc2C1.Cl. The minimum absolute atomic E-state index is 0. The van der Waals surface area contributed by atoms with Gasteiger partial charge < -0.3 is 4.98 Å². The van der Waals surface area contributed by atoms with E-state index >= 15 is 0 Å². The molecule has 1 aliphatic rings. The van der Waals surface area contributed by atoms with Gasteiger partial charge in [-0.25, -0.2) is 9.37 Å². The van der Waals surface area contributed by atoms with Crippen LogP contribution in [0.3, 0.4) is 0 Å². The molecule has 2 aromatic rings. The van der Waals surface area contributed by atoms with E-state index in [0.29, 0.717) is 0 Å². The number of hydrogen-bond acceptors (Lipinski definition) is 1. The summed E-state index contributed by atoms with van der Waals surface area (Å²) in [6, 6.07) is 5.14. The highest BCUT2D eigenvalue weighted by Gasteiger charge is 2.38. The molecular formula is C14H16ClFN2. The van der Waals surface area contributed by atoms with Crippen LogP contribution in [-0.2, 0) is 18.3 Å². The molecule has 0 bridgehead atoms. The third kappa shape index (κ3) is 1.93. The van der Waals surface area contributed by atoms with Crippen molar-refractivity contribution in [1.29, 1.82) is 0 Å². The Morgan fingerprint density at radius 3 is 2.78 bits per heavy atom. The van der Waals surface area contributed by atoms with Crippen molar-refractivity contribution >= 4 is 12.4 Å². The zero-order valence-electron chi connectivity index (χ0n) is 10.2. The molecule has 3 rings (SSSR count). The minimum Gasteiger partial charge on any atom is -0.348 e. The van der Waals surface area contributed by atoms with E-state index in [1.165, 1.54) is 5.56 Å². The molecule has 0 saturated carbocycles. The van der Waals surface area contributed by atoms with Crippen LogP contribution in [0.4, 0.5) is 4.39 Å². The van der Waals surface area contributed by atoms with Gasteiger partial charge in [-0.3, -0.25) is 0 Å². The van der Waals surface area contributed by atoms with E-state index in [1.54, 1.807) is 18.5 Å². The lowest BCUT2D eigenvalue weighted by Crippen LogP contribution is -2.26. The molecule has 0 aliphatic heterocycles. The zero-order valence-corrected chi connectivity index (χ0v) is 11.1. The van der Waals surface area contributed by atoms with Gasteiger partial charge in [0.15, 0.2) is 0 Å². The van der Waals surface area contributed by atoms with E-state index in [4.69, 9.17) is 0 Å². The first kappa shape index (κ1) is 13.1. The molecule has 0 saturated heterocycles. The zero-order chi connectivity index (χ0) is 11.9. The van der Waals surface area contributed by atoms with Gasteiger partial charge in [0.05, 0.1) is 6.33 Å². The molecule has 1 heterocycles. The van der Waals surface area contributed by atoms with Crippen molar-refractivity contribution in [1.82, 2.24) is 9.97 Å². The summed E-state index contributed by atoms with van der Waals surface area (Å²) in [6.45, 7) is 2.18. The fraction of sp³-hybridized carbons (Fsp3) is 0.357. The molecule has 96 valence electrons. The smallest absolute Gasteiger partial charge is 0.123 e. The molecule has 1 N–H and O–H groups in total. The molecule has 18 heavy (non-hydrogen) atoms. The van der Waals surface area contributed by atoms with Crippen molar-refractivity contribution in [2.45, 2.75) is 31.6 Å². The Hall–Kier alpha value is -1.35. The molecule has 2 nitrogen and oxygen atoms in total. The Bertz CT molecular complexity index is 539. The topological polar surface area (TPSA) is 28.7 Å². The Balaban J connectivity index is 0.00000120. The predicted octanol–water partition coefficient (Wildman–Crippen LogP) is 3.42. The Morgan fingerprint density at radius 1 is 1.33 bits per heavy atom. The minimum atomic E-state index is -0.139. The van der Waals surface area contributed by atoms with Gasteiger partial charge in [-0.2, -0.15) is 0 Å². The predicted molar refractivity (Wildman–Crippen MR) is 71.6 cm³/mol. The van der Waals surface area contributed by atoms with Crippen LogP contribution in [0.2, 0.25) is 0 Å². The Morgan fingerprint density at radius 2 is 2.11 bits per heavy atom. The summed E-state index contributed by atoms with van der Waals surface area (Å²) in [5.41, 5.74) is 3.65. The van der Waals surface area contributed by atoms with Crippen LogP contribution < -0.4 is 0 Å². The molecule has 1 aromatic carbocycles. The molecule has 0 amide bonds. The van der Waals surface area contributed by atoms with Crippen LogP contribution in [0, 0.1) is 5.82 Å². The second-order valence-electron chi connectivity index (χ2n) is 4.87. The van der Waals surface area contributed by atoms with E-state index in [-0.39, 0.29) is 23.6 Å². The second-order valence-corrected chi connectivity index (χ2v) is 4.87. The first-order valence-corrected chi connectivity index (χ1v) is 6.00. The summed E-state index contributed by atoms with van der Waals surface area (Å²) in [5, 5.41) is 0. The number of halogens is 2. The summed E-state index contributed by atoms with van der Waals surface area (Å²) in [6.07, 6.45) is 6.52. The van der Waals surface area contributed by atoms with Crippen molar-refractivity contribution in [2.75, 3.05) is 0 Å².